The first-order chi connectivity index (χ1) is 15.4. The van der Waals surface area contributed by atoms with E-state index in [2.05, 4.69) is 20.2 Å². The second kappa shape index (κ2) is 9.16. The number of sulfonamides is 1. The lowest BCUT2D eigenvalue weighted by molar-refractivity contribution is 0.0955. The van der Waals surface area contributed by atoms with Crippen LogP contribution in [0.2, 0.25) is 0 Å². The molecule has 2 aromatic carbocycles. The van der Waals surface area contributed by atoms with E-state index >= 15 is 0 Å². The number of thiophene rings is 1. The molecule has 0 radical (unpaired) electrons. The molecule has 2 aromatic heterocycles. The van der Waals surface area contributed by atoms with Gasteiger partial charge in [0, 0.05) is 29.3 Å². The zero-order valence-electron chi connectivity index (χ0n) is 17.0. The van der Waals surface area contributed by atoms with E-state index in [9.17, 15) is 13.2 Å². The Kier molecular flexibility index (Phi) is 6.15. The fraction of sp³-hybridized carbons (Fsp3) is 0.0455. The molecule has 10 heteroatoms. The number of imidazole rings is 1. The highest BCUT2D eigenvalue weighted by Crippen LogP contribution is 2.20. The van der Waals surface area contributed by atoms with E-state index in [1.807, 2.05) is 35.0 Å². The van der Waals surface area contributed by atoms with Crippen LogP contribution < -0.4 is 10.1 Å². The summed E-state index contributed by atoms with van der Waals surface area (Å²) < 4.78 is 29.2. The van der Waals surface area contributed by atoms with Crippen LogP contribution in [0.5, 0.6) is 0 Å². The number of hydrogen-bond acceptors (Lipinski definition) is 6. The lowest BCUT2D eigenvalue weighted by Gasteiger charge is -2.08. The average Bonchev–Trinajstić information content (AvgIpc) is 3.52. The second-order valence-corrected chi connectivity index (χ2v) is 9.63. The van der Waals surface area contributed by atoms with Gasteiger partial charge in [-0.2, -0.15) is 5.10 Å². The fourth-order valence-corrected chi connectivity index (χ4v) is 4.91. The summed E-state index contributed by atoms with van der Waals surface area (Å²) in [7, 11) is -3.63. The maximum absolute atomic E-state index is 12.4. The number of rotatable bonds is 7. The minimum absolute atomic E-state index is 0.224. The van der Waals surface area contributed by atoms with Gasteiger partial charge >= 0.3 is 0 Å². The SMILES string of the molecule is C/C(=N\NC(=O)c1ccc(NS(=O)(=O)c2cccs2)cc1)c1ccc(-n2ccnc2)cc1. The molecule has 0 saturated carbocycles. The van der Waals surface area contributed by atoms with Crippen molar-refractivity contribution >= 4 is 38.7 Å². The monoisotopic (exact) mass is 465 g/mol. The summed E-state index contributed by atoms with van der Waals surface area (Å²) in [5.41, 5.74) is 5.74. The Bertz CT molecular complexity index is 1330. The number of carbonyl (C=O) groups excluding carboxylic acids is 1. The third-order valence-electron chi connectivity index (χ3n) is 4.57. The number of anilines is 1. The van der Waals surface area contributed by atoms with Crippen LogP contribution in [0, 0.1) is 0 Å². The Hall–Kier alpha value is -3.76. The molecule has 0 unspecified atom stereocenters. The van der Waals surface area contributed by atoms with Crippen molar-refractivity contribution in [3.05, 3.63) is 95.9 Å². The van der Waals surface area contributed by atoms with Gasteiger partial charge < -0.3 is 4.57 Å². The predicted molar refractivity (Wildman–Crippen MR) is 125 cm³/mol. The lowest BCUT2D eigenvalue weighted by atomic mass is 10.1. The number of nitrogens with zero attached hydrogens (tertiary/aromatic N) is 3. The van der Waals surface area contributed by atoms with Crippen LogP contribution in [0.15, 0.2) is 94.1 Å². The van der Waals surface area contributed by atoms with Gasteiger partial charge in [0.05, 0.1) is 12.0 Å². The molecule has 2 N–H and O–H groups in total. The molecule has 4 rings (SSSR count). The number of hydrazone groups is 1. The summed E-state index contributed by atoms with van der Waals surface area (Å²) in [5.74, 6) is -0.396. The summed E-state index contributed by atoms with van der Waals surface area (Å²) in [6, 6.07) is 17.0. The third-order valence-corrected chi connectivity index (χ3v) is 7.35. The van der Waals surface area contributed by atoms with E-state index in [1.54, 1.807) is 30.9 Å². The molecule has 2 heterocycles. The molecule has 32 heavy (non-hydrogen) atoms. The highest BCUT2D eigenvalue weighted by atomic mass is 32.2. The van der Waals surface area contributed by atoms with E-state index in [-0.39, 0.29) is 4.21 Å². The highest BCUT2D eigenvalue weighted by Gasteiger charge is 2.15. The smallest absolute Gasteiger partial charge is 0.271 e. The molecular weight excluding hydrogens is 446 g/mol. The van der Waals surface area contributed by atoms with Crippen LogP contribution >= 0.6 is 11.3 Å². The largest absolute Gasteiger partial charge is 0.306 e. The van der Waals surface area contributed by atoms with Gasteiger partial charge in [0.2, 0.25) is 0 Å². The number of aromatic nitrogens is 2. The van der Waals surface area contributed by atoms with Gasteiger partial charge in [-0.05, 0) is 60.3 Å². The molecule has 0 spiro atoms. The molecule has 0 saturated heterocycles. The molecule has 0 aliphatic rings. The summed E-state index contributed by atoms with van der Waals surface area (Å²) in [5, 5.41) is 5.86. The Morgan fingerprint density at radius 3 is 2.38 bits per heavy atom. The number of benzene rings is 2. The molecule has 4 aromatic rings. The van der Waals surface area contributed by atoms with Crippen LogP contribution in [-0.2, 0) is 10.0 Å². The predicted octanol–water partition coefficient (Wildman–Crippen LogP) is 3.89. The number of carbonyl (C=O) groups is 1. The molecule has 0 aliphatic heterocycles. The molecule has 162 valence electrons. The summed E-state index contributed by atoms with van der Waals surface area (Å²) in [4.78, 5) is 16.4. The zero-order chi connectivity index (χ0) is 22.6. The zero-order valence-corrected chi connectivity index (χ0v) is 18.6. The van der Waals surface area contributed by atoms with Gasteiger partial charge in [0.1, 0.15) is 4.21 Å². The topological polar surface area (TPSA) is 105 Å². The number of nitrogens with one attached hydrogen (secondary N) is 2. The summed E-state index contributed by atoms with van der Waals surface area (Å²) >= 11 is 1.13. The van der Waals surface area contributed by atoms with E-state index in [1.165, 1.54) is 30.3 Å². The standard InChI is InChI=1S/C22H19N5O3S2/c1-16(17-6-10-20(11-7-17)27-13-12-23-15-27)24-25-22(28)18-4-8-19(9-5-18)26-32(29,30)21-3-2-14-31-21/h2-15,26H,1H3,(H,25,28)/b24-16+. The van der Waals surface area contributed by atoms with E-state index < -0.39 is 15.9 Å². The van der Waals surface area contributed by atoms with Crippen molar-refractivity contribution in [3.63, 3.8) is 0 Å². The van der Waals surface area contributed by atoms with Gasteiger partial charge in [0.25, 0.3) is 15.9 Å². The molecule has 0 fully saturated rings. The van der Waals surface area contributed by atoms with Crippen LogP contribution in [0.4, 0.5) is 5.69 Å². The van der Waals surface area contributed by atoms with Crippen molar-refractivity contribution < 1.29 is 13.2 Å². The number of amides is 1. The second-order valence-electron chi connectivity index (χ2n) is 6.77. The van der Waals surface area contributed by atoms with Crippen molar-refractivity contribution in [1.29, 1.82) is 0 Å². The number of hydrogen-bond donors (Lipinski definition) is 2. The van der Waals surface area contributed by atoms with Gasteiger partial charge in [-0.1, -0.05) is 18.2 Å². The Balaban J connectivity index is 1.38. The van der Waals surface area contributed by atoms with Crippen LogP contribution in [0.25, 0.3) is 5.69 Å². The molecule has 0 atom stereocenters. The molecule has 1 amide bonds. The minimum atomic E-state index is -3.63. The maximum Gasteiger partial charge on any atom is 0.271 e. The third kappa shape index (κ3) is 4.93. The van der Waals surface area contributed by atoms with Crippen molar-refractivity contribution in [1.82, 2.24) is 15.0 Å². The van der Waals surface area contributed by atoms with E-state index in [0.29, 0.717) is 17.0 Å². The summed E-state index contributed by atoms with van der Waals surface area (Å²) in [6.07, 6.45) is 5.28. The molecule has 8 nitrogen and oxygen atoms in total. The van der Waals surface area contributed by atoms with Crippen LogP contribution in [0.1, 0.15) is 22.8 Å². The molecule has 0 bridgehead atoms. The van der Waals surface area contributed by atoms with Gasteiger partial charge in [-0.15, -0.1) is 11.3 Å². The normalized spacial score (nSPS) is 11.8. The van der Waals surface area contributed by atoms with Crippen LogP contribution in [0.3, 0.4) is 0 Å². The summed E-state index contributed by atoms with van der Waals surface area (Å²) in [6.45, 7) is 1.80. The Morgan fingerprint density at radius 2 is 1.75 bits per heavy atom. The van der Waals surface area contributed by atoms with Crippen molar-refractivity contribution in [2.24, 2.45) is 5.10 Å². The first kappa shape index (κ1) is 21.5. The van der Waals surface area contributed by atoms with E-state index in [4.69, 9.17) is 0 Å². The fourth-order valence-electron chi connectivity index (χ4n) is 2.86. The van der Waals surface area contributed by atoms with Gasteiger partial charge in [-0.25, -0.2) is 18.8 Å². The lowest BCUT2D eigenvalue weighted by Crippen LogP contribution is -2.19. The van der Waals surface area contributed by atoms with Gasteiger partial charge in [0.15, 0.2) is 0 Å². The first-order valence-electron chi connectivity index (χ1n) is 9.52. The van der Waals surface area contributed by atoms with Crippen molar-refractivity contribution in [3.8, 4) is 5.69 Å². The highest BCUT2D eigenvalue weighted by molar-refractivity contribution is 7.94. The van der Waals surface area contributed by atoms with Crippen molar-refractivity contribution in [2.45, 2.75) is 11.1 Å². The minimum Gasteiger partial charge on any atom is -0.306 e. The Morgan fingerprint density at radius 1 is 1.03 bits per heavy atom. The molecule has 0 aliphatic carbocycles. The Labute approximate surface area is 189 Å². The average molecular weight is 466 g/mol. The quantitative estimate of drug-likeness (QED) is 0.319. The van der Waals surface area contributed by atoms with E-state index in [0.717, 1.165) is 22.6 Å². The molecular formula is C22H19N5O3S2. The first-order valence-corrected chi connectivity index (χ1v) is 11.9. The van der Waals surface area contributed by atoms with Gasteiger partial charge in [-0.3, -0.25) is 9.52 Å². The maximum atomic E-state index is 12.4. The van der Waals surface area contributed by atoms with Crippen LogP contribution in [-0.4, -0.2) is 29.6 Å². The van der Waals surface area contributed by atoms with Crippen molar-refractivity contribution in [2.75, 3.05) is 4.72 Å².